The molecule has 1 aromatic rings. The van der Waals surface area contributed by atoms with Crippen LogP contribution in [0.5, 0.6) is 0 Å². The number of hydrogen-bond acceptors (Lipinski definition) is 2. The first-order valence-electron chi connectivity index (χ1n) is 5.83. The lowest BCUT2D eigenvalue weighted by Crippen LogP contribution is -2.41. The quantitative estimate of drug-likeness (QED) is 0.710. The van der Waals surface area contributed by atoms with Gasteiger partial charge in [-0.25, -0.2) is 0 Å². The molecule has 0 spiro atoms. The smallest absolute Gasteiger partial charge is 0.310 e. The number of hydrogen-bond donors (Lipinski definition) is 3. The van der Waals surface area contributed by atoms with Crippen LogP contribution in [0.25, 0.3) is 0 Å². The summed E-state index contributed by atoms with van der Waals surface area (Å²) in [7, 11) is 0. The van der Waals surface area contributed by atoms with Gasteiger partial charge >= 0.3 is 5.97 Å². The molecule has 0 bridgehead atoms. The lowest BCUT2D eigenvalue weighted by Gasteiger charge is -2.27. The van der Waals surface area contributed by atoms with E-state index in [0.717, 1.165) is 6.54 Å². The van der Waals surface area contributed by atoms with Gasteiger partial charge in [0.1, 0.15) is 0 Å². The molecular formula is C13H22N2O2. The van der Waals surface area contributed by atoms with Crippen molar-refractivity contribution in [2.45, 2.75) is 33.1 Å². The number of carbonyl (C=O) groups is 1. The third kappa shape index (κ3) is 3.60. The fraction of sp³-hybridized carbons (Fsp3) is 0.615. The van der Waals surface area contributed by atoms with Gasteiger partial charge in [-0.1, -0.05) is 13.8 Å². The van der Waals surface area contributed by atoms with Gasteiger partial charge in [0.15, 0.2) is 0 Å². The van der Waals surface area contributed by atoms with Crippen molar-refractivity contribution < 1.29 is 9.90 Å². The van der Waals surface area contributed by atoms with Gasteiger partial charge in [0.05, 0.1) is 5.41 Å². The minimum atomic E-state index is -0.774. The van der Waals surface area contributed by atoms with Gasteiger partial charge in [0.25, 0.3) is 0 Å². The Morgan fingerprint density at radius 3 is 2.47 bits per heavy atom. The Bertz CT molecular complexity index is 367. The number of carboxylic acid groups (broad SMARTS) is 1. The molecule has 0 saturated carbocycles. The third-order valence-electron chi connectivity index (χ3n) is 3.09. The number of H-pyrrole nitrogens is 1. The van der Waals surface area contributed by atoms with Crippen LogP contribution in [0.15, 0.2) is 18.5 Å². The summed E-state index contributed by atoms with van der Waals surface area (Å²) in [5, 5.41) is 12.3. The summed E-state index contributed by atoms with van der Waals surface area (Å²) in [6, 6.07) is 2.05. The van der Waals surface area contributed by atoms with Crippen molar-refractivity contribution >= 4 is 5.97 Å². The van der Waals surface area contributed by atoms with Crippen LogP contribution in [-0.4, -0.2) is 29.1 Å². The van der Waals surface area contributed by atoms with E-state index >= 15 is 0 Å². The number of rotatable bonds is 6. The summed E-state index contributed by atoms with van der Waals surface area (Å²) in [4.78, 5) is 14.0. The highest BCUT2D eigenvalue weighted by molar-refractivity contribution is 5.73. The van der Waals surface area contributed by atoms with Crippen molar-refractivity contribution in [1.82, 2.24) is 10.3 Å². The summed E-state index contributed by atoms with van der Waals surface area (Å²) >= 11 is 0. The van der Waals surface area contributed by atoms with Gasteiger partial charge in [0.2, 0.25) is 0 Å². The van der Waals surface area contributed by atoms with E-state index < -0.39 is 11.4 Å². The van der Waals surface area contributed by atoms with E-state index in [1.165, 1.54) is 5.56 Å². The highest BCUT2D eigenvalue weighted by Crippen LogP contribution is 2.22. The molecule has 0 unspecified atom stereocenters. The lowest BCUT2D eigenvalue weighted by atomic mass is 9.85. The van der Waals surface area contributed by atoms with Crippen LogP contribution < -0.4 is 5.32 Å². The zero-order valence-electron chi connectivity index (χ0n) is 11.0. The fourth-order valence-electron chi connectivity index (χ4n) is 1.61. The molecule has 0 fully saturated rings. The standard InChI is InChI=1S/C13H22N2O2/c1-12(2,10-5-6-14-7-10)8-15-9-13(3,4)11(16)17/h5-7,14-15H,8-9H2,1-4H3,(H,16,17). The Hall–Kier alpha value is -1.29. The van der Waals surface area contributed by atoms with Gasteiger partial charge < -0.3 is 15.4 Å². The van der Waals surface area contributed by atoms with Crippen molar-refractivity contribution in [2.24, 2.45) is 5.41 Å². The number of nitrogens with one attached hydrogen (secondary N) is 2. The van der Waals surface area contributed by atoms with E-state index in [4.69, 9.17) is 5.11 Å². The highest BCUT2D eigenvalue weighted by atomic mass is 16.4. The first-order valence-corrected chi connectivity index (χ1v) is 5.83. The molecule has 0 aromatic carbocycles. The van der Waals surface area contributed by atoms with Crippen molar-refractivity contribution in [1.29, 1.82) is 0 Å². The number of aliphatic carboxylic acids is 1. The molecule has 0 saturated heterocycles. The van der Waals surface area contributed by atoms with Crippen molar-refractivity contribution in [3.05, 3.63) is 24.0 Å². The average Bonchev–Trinajstić information content (AvgIpc) is 2.69. The van der Waals surface area contributed by atoms with Crippen LogP contribution in [0, 0.1) is 5.41 Å². The SMILES string of the molecule is CC(C)(CNCC(C)(C)c1cc[nH]c1)C(=O)O. The van der Waals surface area contributed by atoms with Gasteiger partial charge in [-0.15, -0.1) is 0 Å². The molecule has 4 heteroatoms. The maximum absolute atomic E-state index is 11.0. The first-order chi connectivity index (χ1) is 7.76. The molecular weight excluding hydrogens is 216 g/mol. The molecule has 96 valence electrons. The van der Waals surface area contributed by atoms with Crippen molar-refractivity contribution in [3.63, 3.8) is 0 Å². The average molecular weight is 238 g/mol. The van der Waals surface area contributed by atoms with Crippen LogP contribution >= 0.6 is 0 Å². The Balaban J connectivity index is 2.49. The Morgan fingerprint density at radius 2 is 2.00 bits per heavy atom. The van der Waals surface area contributed by atoms with E-state index in [2.05, 4.69) is 24.1 Å². The maximum Gasteiger partial charge on any atom is 0.310 e. The minimum Gasteiger partial charge on any atom is -0.481 e. The Kier molecular flexibility index (Phi) is 3.98. The minimum absolute atomic E-state index is 0.00537. The van der Waals surface area contributed by atoms with Crippen LogP contribution in [0.3, 0.4) is 0 Å². The third-order valence-corrected chi connectivity index (χ3v) is 3.09. The van der Waals surface area contributed by atoms with Crippen LogP contribution in [0.1, 0.15) is 33.3 Å². The summed E-state index contributed by atoms with van der Waals surface area (Å²) in [5.41, 5.74) is 0.487. The van der Waals surface area contributed by atoms with Gasteiger partial charge in [-0.3, -0.25) is 4.79 Å². The molecule has 0 aliphatic carbocycles. The zero-order chi connectivity index (χ0) is 13.1. The van der Waals surface area contributed by atoms with E-state index in [1.807, 2.05) is 18.5 Å². The molecule has 17 heavy (non-hydrogen) atoms. The van der Waals surface area contributed by atoms with E-state index in [9.17, 15) is 4.79 Å². The van der Waals surface area contributed by atoms with Gasteiger partial charge in [-0.05, 0) is 25.5 Å². The molecule has 0 aliphatic heterocycles. The molecule has 3 N–H and O–H groups in total. The first kappa shape index (κ1) is 13.8. The van der Waals surface area contributed by atoms with Gasteiger partial charge in [0, 0.05) is 30.9 Å². The normalized spacial score (nSPS) is 12.7. The van der Waals surface area contributed by atoms with E-state index in [0.29, 0.717) is 6.54 Å². The molecule has 0 aliphatic rings. The number of aromatic amines is 1. The fourth-order valence-corrected chi connectivity index (χ4v) is 1.61. The second-order valence-corrected chi connectivity index (χ2v) is 5.78. The summed E-state index contributed by atoms with van der Waals surface area (Å²) in [6.07, 6.45) is 3.88. The summed E-state index contributed by atoms with van der Waals surface area (Å²) in [6.45, 7) is 8.95. The van der Waals surface area contributed by atoms with Crippen LogP contribution in [0.4, 0.5) is 0 Å². The molecule has 1 aromatic heterocycles. The Morgan fingerprint density at radius 1 is 1.35 bits per heavy atom. The summed E-state index contributed by atoms with van der Waals surface area (Å²) < 4.78 is 0. The van der Waals surface area contributed by atoms with E-state index in [1.54, 1.807) is 13.8 Å². The summed E-state index contributed by atoms with van der Waals surface area (Å²) in [5.74, 6) is -0.774. The van der Waals surface area contributed by atoms with Crippen molar-refractivity contribution in [2.75, 3.05) is 13.1 Å². The monoisotopic (exact) mass is 238 g/mol. The topological polar surface area (TPSA) is 65.1 Å². The number of carboxylic acids is 1. The molecule has 1 rings (SSSR count). The second-order valence-electron chi connectivity index (χ2n) is 5.78. The Labute approximate surface area is 102 Å². The van der Waals surface area contributed by atoms with E-state index in [-0.39, 0.29) is 5.41 Å². The van der Waals surface area contributed by atoms with Gasteiger partial charge in [-0.2, -0.15) is 0 Å². The predicted molar refractivity (Wildman–Crippen MR) is 68.1 cm³/mol. The second kappa shape index (κ2) is 4.92. The molecule has 0 amide bonds. The molecule has 4 nitrogen and oxygen atoms in total. The maximum atomic E-state index is 11.0. The molecule has 1 heterocycles. The molecule has 0 radical (unpaired) electrons. The highest BCUT2D eigenvalue weighted by Gasteiger charge is 2.28. The number of aromatic nitrogens is 1. The van der Waals surface area contributed by atoms with Crippen molar-refractivity contribution in [3.8, 4) is 0 Å². The predicted octanol–water partition coefficient (Wildman–Crippen LogP) is 1.99. The van der Waals surface area contributed by atoms with Crippen LogP contribution in [-0.2, 0) is 10.2 Å². The zero-order valence-corrected chi connectivity index (χ0v) is 11.0. The largest absolute Gasteiger partial charge is 0.481 e. The molecule has 0 atom stereocenters. The van der Waals surface area contributed by atoms with Crippen LogP contribution in [0.2, 0.25) is 0 Å². The lowest BCUT2D eigenvalue weighted by molar-refractivity contribution is -0.146.